The number of nitriles is 1. The summed E-state index contributed by atoms with van der Waals surface area (Å²) in [7, 11) is 2.75. The minimum Gasteiger partial charge on any atom is -0.497 e. The lowest BCUT2D eigenvalue weighted by atomic mass is 9.78. The van der Waals surface area contributed by atoms with Gasteiger partial charge in [-0.25, -0.2) is 0 Å². The van der Waals surface area contributed by atoms with E-state index in [0.717, 1.165) is 17.3 Å². The number of methoxy groups -OCH3 is 2. The van der Waals surface area contributed by atoms with Crippen LogP contribution in [0.1, 0.15) is 17.0 Å². The summed E-state index contributed by atoms with van der Waals surface area (Å²) in [5.41, 5.74) is 2.44. The predicted octanol–water partition coefficient (Wildman–Crippen LogP) is 3.11. The summed E-state index contributed by atoms with van der Waals surface area (Å²) in [5, 5.41) is 15.5. The van der Waals surface area contributed by atoms with Crippen molar-refractivity contribution in [2.45, 2.75) is 12.8 Å². The summed E-state index contributed by atoms with van der Waals surface area (Å²) >= 11 is 1.03. The molecule has 0 bridgehead atoms. The SMILES string of the molecule is COC(=O)C1C(=O)NC(SCC(=O)Nc2ccc(OC)cc2)=C(C#N)C1c1ccc(C)cc1. The first-order valence-corrected chi connectivity index (χ1v) is 11.0. The summed E-state index contributed by atoms with van der Waals surface area (Å²) in [4.78, 5) is 37.7. The largest absolute Gasteiger partial charge is 0.497 e. The summed E-state index contributed by atoms with van der Waals surface area (Å²) in [6.07, 6.45) is 0. The predicted molar refractivity (Wildman–Crippen MR) is 124 cm³/mol. The molecule has 2 aromatic rings. The number of nitrogens with zero attached hydrogens (tertiary/aromatic N) is 1. The zero-order valence-corrected chi connectivity index (χ0v) is 19.2. The molecule has 0 saturated heterocycles. The second kappa shape index (κ2) is 10.7. The Morgan fingerprint density at radius 1 is 1.12 bits per heavy atom. The third kappa shape index (κ3) is 5.54. The first kappa shape index (κ1) is 23.9. The number of carbonyl (C=O) groups is 3. The monoisotopic (exact) mass is 465 g/mol. The molecule has 3 rings (SSSR count). The number of thioether (sulfide) groups is 1. The van der Waals surface area contributed by atoms with Crippen LogP contribution in [-0.4, -0.2) is 37.8 Å². The minimum atomic E-state index is -1.20. The van der Waals surface area contributed by atoms with E-state index in [1.165, 1.54) is 7.11 Å². The molecule has 2 unspecified atom stereocenters. The zero-order chi connectivity index (χ0) is 24.0. The standard InChI is InChI=1S/C24H23N3O5S/c1-14-4-6-15(7-5-14)20-18(12-25)23(27-22(29)21(20)24(30)32-3)33-13-19(28)26-16-8-10-17(31-2)11-9-16/h4-11,20-21H,13H2,1-3H3,(H,26,28)(H,27,29). The van der Waals surface area contributed by atoms with Crippen molar-refractivity contribution >= 4 is 35.2 Å². The highest BCUT2D eigenvalue weighted by molar-refractivity contribution is 8.03. The molecule has 1 aliphatic rings. The van der Waals surface area contributed by atoms with Crippen LogP contribution < -0.4 is 15.4 Å². The number of hydrogen-bond acceptors (Lipinski definition) is 7. The maximum Gasteiger partial charge on any atom is 0.319 e. The minimum absolute atomic E-state index is 0.0453. The average molecular weight is 466 g/mol. The number of carbonyl (C=O) groups excluding carboxylic acids is 3. The Morgan fingerprint density at radius 2 is 1.79 bits per heavy atom. The quantitative estimate of drug-likeness (QED) is 0.476. The summed E-state index contributed by atoms with van der Waals surface area (Å²) in [6.45, 7) is 1.92. The number of amides is 2. The molecule has 8 nitrogen and oxygen atoms in total. The van der Waals surface area contributed by atoms with Gasteiger partial charge in [0, 0.05) is 11.6 Å². The van der Waals surface area contributed by atoms with Gasteiger partial charge in [-0.15, -0.1) is 0 Å². The van der Waals surface area contributed by atoms with Gasteiger partial charge in [0.2, 0.25) is 11.8 Å². The van der Waals surface area contributed by atoms with E-state index in [1.807, 2.05) is 19.1 Å². The van der Waals surface area contributed by atoms with Crippen LogP contribution in [-0.2, 0) is 19.1 Å². The van der Waals surface area contributed by atoms with Gasteiger partial charge in [0.05, 0.1) is 36.6 Å². The van der Waals surface area contributed by atoms with Crippen molar-refractivity contribution in [3.63, 3.8) is 0 Å². The Balaban J connectivity index is 1.85. The second-order valence-electron chi connectivity index (χ2n) is 7.30. The number of rotatable bonds is 7. The Hall–Kier alpha value is -3.77. The fraction of sp³-hybridized carbons (Fsp3) is 0.250. The number of esters is 1. The Bertz CT molecular complexity index is 1120. The van der Waals surface area contributed by atoms with E-state index in [-0.39, 0.29) is 22.3 Å². The molecule has 2 N–H and O–H groups in total. The van der Waals surface area contributed by atoms with Gasteiger partial charge >= 0.3 is 5.97 Å². The molecule has 0 aliphatic carbocycles. The smallest absolute Gasteiger partial charge is 0.319 e. The maximum atomic E-state index is 12.8. The van der Waals surface area contributed by atoms with E-state index < -0.39 is 23.7 Å². The molecule has 1 heterocycles. The van der Waals surface area contributed by atoms with E-state index in [9.17, 15) is 19.6 Å². The summed E-state index contributed by atoms with van der Waals surface area (Å²) in [5.74, 6) is -3.02. The first-order valence-electron chi connectivity index (χ1n) is 10.0. The Labute approximate surface area is 195 Å². The van der Waals surface area contributed by atoms with Crippen LogP contribution >= 0.6 is 11.8 Å². The number of ether oxygens (including phenoxy) is 2. The number of hydrogen-bond donors (Lipinski definition) is 2. The van der Waals surface area contributed by atoms with Crippen LogP contribution in [0.25, 0.3) is 0 Å². The number of aryl methyl sites for hydroxylation is 1. The van der Waals surface area contributed by atoms with Gasteiger partial charge in [0.15, 0.2) is 0 Å². The van der Waals surface area contributed by atoms with Gasteiger partial charge in [0.25, 0.3) is 0 Å². The molecular weight excluding hydrogens is 442 g/mol. The molecule has 0 fully saturated rings. The summed E-state index contributed by atoms with van der Waals surface area (Å²) < 4.78 is 9.93. The van der Waals surface area contributed by atoms with Crippen LogP contribution in [0, 0.1) is 24.2 Å². The number of anilines is 1. The molecule has 0 spiro atoms. The molecule has 33 heavy (non-hydrogen) atoms. The highest BCUT2D eigenvalue weighted by Gasteiger charge is 2.44. The lowest BCUT2D eigenvalue weighted by Crippen LogP contribution is -2.44. The average Bonchev–Trinajstić information content (AvgIpc) is 2.82. The third-order valence-electron chi connectivity index (χ3n) is 5.14. The molecule has 0 aromatic heterocycles. The molecule has 0 saturated carbocycles. The molecule has 2 amide bonds. The first-order chi connectivity index (χ1) is 15.9. The van der Waals surface area contributed by atoms with Gasteiger partial charge < -0.3 is 20.1 Å². The molecule has 2 aromatic carbocycles. The molecule has 9 heteroatoms. The highest BCUT2D eigenvalue weighted by atomic mass is 32.2. The number of nitrogens with one attached hydrogen (secondary N) is 2. The van der Waals surface area contributed by atoms with E-state index >= 15 is 0 Å². The molecule has 2 atom stereocenters. The van der Waals surface area contributed by atoms with Crippen LogP contribution in [0.3, 0.4) is 0 Å². The third-order valence-corrected chi connectivity index (χ3v) is 6.16. The van der Waals surface area contributed by atoms with Gasteiger partial charge in [0.1, 0.15) is 11.7 Å². The lowest BCUT2D eigenvalue weighted by molar-refractivity contribution is -0.150. The van der Waals surface area contributed by atoms with Gasteiger partial charge in [-0.05, 0) is 36.8 Å². The fourth-order valence-electron chi connectivity index (χ4n) is 3.46. The molecular formula is C24H23N3O5S. The van der Waals surface area contributed by atoms with E-state index in [4.69, 9.17) is 9.47 Å². The fourth-order valence-corrected chi connectivity index (χ4v) is 4.31. The Kier molecular flexibility index (Phi) is 7.74. The summed E-state index contributed by atoms with van der Waals surface area (Å²) in [6, 6.07) is 16.2. The van der Waals surface area contributed by atoms with Gasteiger partial charge in [-0.3, -0.25) is 14.4 Å². The van der Waals surface area contributed by atoms with Crippen molar-refractivity contribution in [2.24, 2.45) is 5.92 Å². The van der Waals surface area contributed by atoms with E-state index in [0.29, 0.717) is 17.0 Å². The van der Waals surface area contributed by atoms with Crippen molar-refractivity contribution in [1.82, 2.24) is 5.32 Å². The maximum absolute atomic E-state index is 12.8. The topological polar surface area (TPSA) is 118 Å². The number of benzene rings is 2. The lowest BCUT2D eigenvalue weighted by Gasteiger charge is -2.31. The molecule has 170 valence electrons. The van der Waals surface area contributed by atoms with Crippen LogP contribution in [0.5, 0.6) is 5.75 Å². The second-order valence-corrected chi connectivity index (χ2v) is 8.28. The highest BCUT2D eigenvalue weighted by Crippen LogP contribution is 2.40. The number of allylic oxidation sites excluding steroid dienone is 1. The van der Waals surface area contributed by atoms with Crippen LogP contribution in [0.2, 0.25) is 0 Å². The van der Waals surface area contributed by atoms with Crippen molar-refractivity contribution in [3.8, 4) is 11.8 Å². The van der Waals surface area contributed by atoms with Crippen molar-refractivity contribution in [3.05, 3.63) is 70.3 Å². The molecule has 1 aliphatic heterocycles. The van der Waals surface area contributed by atoms with Gasteiger partial charge in [-0.1, -0.05) is 41.6 Å². The van der Waals surface area contributed by atoms with Crippen LogP contribution in [0.4, 0.5) is 5.69 Å². The zero-order valence-electron chi connectivity index (χ0n) is 18.4. The van der Waals surface area contributed by atoms with E-state index in [2.05, 4.69) is 16.7 Å². The van der Waals surface area contributed by atoms with Crippen molar-refractivity contribution < 1.29 is 23.9 Å². The van der Waals surface area contributed by atoms with Crippen LogP contribution in [0.15, 0.2) is 59.1 Å². The van der Waals surface area contributed by atoms with E-state index in [1.54, 1.807) is 43.5 Å². The van der Waals surface area contributed by atoms with Gasteiger partial charge in [-0.2, -0.15) is 5.26 Å². The van der Waals surface area contributed by atoms with Crippen molar-refractivity contribution in [2.75, 3.05) is 25.3 Å². The molecule has 0 radical (unpaired) electrons. The van der Waals surface area contributed by atoms with Crippen molar-refractivity contribution in [1.29, 1.82) is 5.26 Å². The Morgan fingerprint density at radius 3 is 2.36 bits per heavy atom. The normalized spacial score (nSPS) is 17.6.